The smallest absolute Gasteiger partial charge is 0.141 e. The fraction of sp³-hybridized carbons (Fsp3) is 0.333. The number of benzene rings is 1. The standard InChI is InChI=1S/C15H20O/c1-6-15(16-12(4)5)14-9-7-13(8-10-14)11(2)3/h6-11,15H,1,4H2,2-3,5H3. The molecular weight excluding hydrogens is 196 g/mol. The van der Waals surface area contributed by atoms with E-state index in [0.29, 0.717) is 11.7 Å². The molecule has 1 rings (SSSR count). The maximum absolute atomic E-state index is 5.57. The second-order valence-corrected chi connectivity index (χ2v) is 4.30. The highest BCUT2D eigenvalue weighted by molar-refractivity contribution is 5.28. The zero-order valence-electron chi connectivity index (χ0n) is 10.4. The first-order chi connectivity index (χ1) is 7.54. The van der Waals surface area contributed by atoms with Crippen molar-refractivity contribution in [2.24, 2.45) is 0 Å². The lowest BCUT2D eigenvalue weighted by atomic mass is 10.00. The minimum absolute atomic E-state index is 0.0984. The Bertz CT molecular complexity index is 360. The van der Waals surface area contributed by atoms with Gasteiger partial charge in [0.15, 0.2) is 0 Å². The van der Waals surface area contributed by atoms with E-state index in [-0.39, 0.29) is 6.10 Å². The summed E-state index contributed by atoms with van der Waals surface area (Å²) in [6.45, 7) is 13.7. The lowest BCUT2D eigenvalue weighted by Crippen LogP contribution is -1.99. The van der Waals surface area contributed by atoms with Gasteiger partial charge in [0.2, 0.25) is 0 Å². The zero-order valence-corrected chi connectivity index (χ0v) is 10.4. The molecular formula is C15H20O. The van der Waals surface area contributed by atoms with E-state index in [9.17, 15) is 0 Å². The van der Waals surface area contributed by atoms with Crippen LogP contribution in [0.15, 0.2) is 49.3 Å². The quantitative estimate of drug-likeness (QED) is 0.517. The van der Waals surface area contributed by atoms with Gasteiger partial charge >= 0.3 is 0 Å². The van der Waals surface area contributed by atoms with Gasteiger partial charge in [0, 0.05) is 0 Å². The van der Waals surface area contributed by atoms with Crippen molar-refractivity contribution >= 4 is 0 Å². The fourth-order valence-corrected chi connectivity index (χ4v) is 1.54. The maximum atomic E-state index is 5.57. The molecule has 1 nitrogen and oxygen atoms in total. The van der Waals surface area contributed by atoms with E-state index in [0.717, 1.165) is 5.56 Å². The summed E-state index contributed by atoms with van der Waals surface area (Å²) in [5.41, 5.74) is 2.45. The third kappa shape index (κ3) is 3.27. The summed E-state index contributed by atoms with van der Waals surface area (Å²) < 4.78 is 5.57. The van der Waals surface area contributed by atoms with Crippen LogP contribution in [0.2, 0.25) is 0 Å². The van der Waals surface area contributed by atoms with Crippen LogP contribution in [0.1, 0.15) is 43.9 Å². The van der Waals surface area contributed by atoms with Crippen molar-refractivity contribution in [2.45, 2.75) is 32.8 Å². The van der Waals surface area contributed by atoms with Crippen LogP contribution in [-0.2, 0) is 4.74 Å². The van der Waals surface area contributed by atoms with Crippen LogP contribution in [0.5, 0.6) is 0 Å². The highest BCUT2D eigenvalue weighted by Crippen LogP contribution is 2.23. The van der Waals surface area contributed by atoms with Crippen LogP contribution >= 0.6 is 0 Å². The molecule has 0 radical (unpaired) electrons. The minimum atomic E-state index is -0.0984. The second kappa shape index (κ2) is 5.55. The molecule has 0 aliphatic heterocycles. The van der Waals surface area contributed by atoms with Crippen LogP contribution in [0.4, 0.5) is 0 Å². The molecule has 0 amide bonds. The Kier molecular flexibility index (Phi) is 4.36. The van der Waals surface area contributed by atoms with Crippen molar-refractivity contribution in [1.29, 1.82) is 0 Å². The van der Waals surface area contributed by atoms with Gasteiger partial charge in [0.05, 0.1) is 5.76 Å². The van der Waals surface area contributed by atoms with Crippen LogP contribution in [0.3, 0.4) is 0 Å². The average Bonchev–Trinajstić information content (AvgIpc) is 2.25. The van der Waals surface area contributed by atoms with Gasteiger partial charge < -0.3 is 4.74 Å². The summed E-state index contributed by atoms with van der Waals surface area (Å²) in [6.07, 6.45) is 1.69. The summed E-state index contributed by atoms with van der Waals surface area (Å²) in [6, 6.07) is 8.45. The molecule has 0 aliphatic carbocycles. The van der Waals surface area contributed by atoms with E-state index in [2.05, 4.69) is 51.3 Å². The van der Waals surface area contributed by atoms with Crippen molar-refractivity contribution in [2.75, 3.05) is 0 Å². The highest BCUT2D eigenvalue weighted by atomic mass is 16.5. The fourth-order valence-electron chi connectivity index (χ4n) is 1.54. The molecule has 1 aromatic carbocycles. The predicted octanol–water partition coefficient (Wildman–Crippen LogP) is 4.59. The molecule has 0 spiro atoms. The van der Waals surface area contributed by atoms with Crippen LogP contribution in [0, 0.1) is 0 Å². The van der Waals surface area contributed by atoms with Gasteiger partial charge in [-0.2, -0.15) is 0 Å². The monoisotopic (exact) mass is 216 g/mol. The Morgan fingerprint density at radius 2 is 1.69 bits per heavy atom. The zero-order chi connectivity index (χ0) is 12.1. The largest absolute Gasteiger partial charge is 0.487 e. The van der Waals surface area contributed by atoms with E-state index < -0.39 is 0 Å². The first kappa shape index (κ1) is 12.6. The van der Waals surface area contributed by atoms with Crippen molar-refractivity contribution < 1.29 is 4.74 Å². The van der Waals surface area contributed by atoms with Gasteiger partial charge in [-0.15, -0.1) is 0 Å². The van der Waals surface area contributed by atoms with Crippen molar-refractivity contribution in [3.63, 3.8) is 0 Å². The number of hydrogen-bond acceptors (Lipinski definition) is 1. The number of rotatable bonds is 5. The van der Waals surface area contributed by atoms with Gasteiger partial charge in [-0.25, -0.2) is 0 Å². The Morgan fingerprint density at radius 1 is 1.19 bits per heavy atom. The molecule has 0 saturated heterocycles. The SMILES string of the molecule is C=CC(OC(=C)C)c1ccc(C(C)C)cc1. The molecule has 1 aromatic rings. The Hall–Kier alpha value is -1.50. The lowest BCUT2D eigenvalue weighted by Gasteiger charge is -2.16. The van der Waals surface area contributed by atoms with Gasteiger partial charge in [-0.1, -0.05) is 51.3 Å². The summed E-state index contributed by atoms with van der Waals surface area (Å²) in [4.78, 5) is 0. The van der Waals surface area contributed by atoms with Crippen LogP contribution in [0.25, 0.3) is 0 Å². The third-order valence-electron chi connectivity index (χ3n) is 2.47. The maximum Gasteiger partial charge on any atom is 0.141 e. The molecule has 86 valence electrons. The average molecular weight is 216 g/mol. The lowest BCUT2D eigenvalue weighted by molar-refractivity contribution is 0.160. The summed E-state index contributed by atoms with van der Waals surface area (Å²) >= 11 is 0. The molecule has 1 heteroatoms. The molecule has 0 aromatic heterocycles. The second-order valence-electron chi connectivity index (χ2n) is 4.30. The van der Waals surface area contributed by atoms with Gasteiger partial charge in [-0.05, 0) is 30.0 Å². The molecule has 0 fully saturated rings. The molecule has 1 atom stereocenters. The Morgan fingerprint density at radius 3 is 2.06 bits per heavy atom. The Balaban J connectivity index is 2.86. The number of hydrogen-bond donors (Lipinski definition) is 0. The first-order valence-electron chi connectivity index (χ1n) is 5.59. The minimum Gasteiger partial charge on any atom is -0.487 e. The van der Waals surface area contributed by atoms with E-state index in [1.165, 1.54) is 5.56 Å². The topological polar surface area (TPSA) is 9.23 Å². The van der Waals surface area contributed by atoms with Gasteiger partial charge in [0.25, 0.3) is 0 Å². The van der Waals surface area contributed by atoms with E-state index in [1.807, 2.05) is 6.92 Å². The van der Waals surface area contributed by atoms with Crippen molar-refractivity contribution in [3.8, 4) is 0 Å². The summed E-state index contributed by atoms with van der Waals surface area (Å²) in [5, 5.41) is 0. The van der Waals surface area contributed by atoms with E-state index in [1.54, 1.807) is 6.08 Å². The van der Waals surface area contributed by atoms with Gasteiger partial charge in [-0.3, -0.25) is 0 Å². The molecule has 16 heavy (non-hydrogen) atoms. The molecule has 0 saturated carbocycles. The molecule has 0 bridgehead atoms. The summed E-state index contributed by atoms with van der Waals surface area (Å²) in [7, 11) is 0. The molecule has 0 heterocycles. The van der Waals surface area contributed by atoms with Crippen LogP contribution < -0.4 is 0 Å². The van der Waals surface area contributed by atoms with Gasteiger partial charge in [0.1, 0.15) is 6.10 Å². The van der Waals surface area contributed by atoms with Crippen molar-refractivity contribution in [3.05, 3.63) is 60.4 Å². The molecule has 1 unspecified atom stereocenters. The van der Waals surface area contributed by atoms with E-state index in [4.69, 9.17) is 4.74 Å². The predicted molar refractivity (Wildman–Crippen MR) is 69.4 cm³/mol. The number of ether oxygens (including phenoxy) is 1. The van der Waals surface area contributed by atoms with E-state index >= 15 is 0 Å². The molecule has 0 N–H and O–H groups in total. The first-order valence-corrected chi connectivity index (χ1v) is 5.59. The van der Waals surface area contributed by atoms with Crippen LogP contribution in [-0.4, -0.2) is 0 Å². The summed E-state index contributed by atoms with van der Waals surface area (Å²) in [5.74, 6) is 1.26. The Labute approximate surface area is 98.5 Å². The third-order valence-corrected chi connectivity index (χ3v) is 2.47. The number of allylic oxidation sites excluding steroid dienone is 1. The van der Waals surface area contributed by atoms with Crippen molar-refractivity contribution in [1.82, 2.24) is 0 Å². The normalized spacial score (nSPS) is 12.2. The molecule has 0 aliphatic rings. The highest BCUT2D eigenvalue weighted by Gasteiger charge is 2.08.